The molecule has 0 unspecified atom stereocenters. The summed E-state index contributed by atoms with van der Waals surface area (Å²) >= 11 is 3.43. The van der Waals surface area contributed by atoms with E-state index in [9.17, 15) is 0 Å². The molecular formula is C15H14BrN3. The highest BCUT2D eigenvalue weighted by Gasteiger charge is 2.02. The quantitative estimate of drug-likeness (QED) is 0.786. The maximum atomic E-state index is 4.42. The molecule has 1 N–H and O–H groups in total. The second-order valence-electron chi connectivity index (χ2n) is 4.55. The summed E-state index contributed by atoms with van der Waals surface area (Å²) in [6, 6.07) is 14.5. The van der Waals surface area contributed by atoms with Gasteiger partial charge in [-0.05, 0) is 48.9 Å². The molecule has 0 amide bonds. The first-order valence-electron chi connectivity index (χ1n) is 6.13. The molecule has 0 aliphatic rings. The average molecular weight is 316 g/mol. The summed E-state index contributed by atoms with van der Waals surface area (Å²) in [5.74, 6) is 0. The van der Waals surface area contributed by atoms with Crippen LogP contribution in [0.3, 0.4) is 0 Å². The van der Waals surface area contributed by atoms with E-state index in [0.29, 0.717) is 6.67 Å². The zero-order chi connectivity index (χ0) is 13.2. The minimum absolute atomic E-state index is 0.710. The zero-order valence-corrected chi connectivity index (χ0v) is 12.2. The van der Waals surface area contributed by atoms with E-state index in [0.717, 1.165) is 21.2 Å². The Morgan fingerprint density at radius 2 is 1.95 bits per heavy atom. The predicted octanol–water partition coefficient (Wildman–Crippen LogP) is 4.18. The third-order valence-corrected chi connectivity index (χ3v) is 3.60. The maximum Gasteiger partial charge on any atom is 0.0973 e. The second kappa shape index (κ2) is 5.05. The number of aromatic nitrogens is 2. The van der Waals surface area contributed by atoms with Crippen LogP contribution < -0.4 is 5.32 Å². The highest BCUT2D eigenvalue weighted by molar-refractivity contribution is 9.10. The van der Waals surface area contributed by atoms with E-state index in [-0.39, 0.29) is 0 Å². The standard InChI is InChI=1S/C15H14BrN3/c1-11-2-7-15-14(8-11)18-10-19(15)9-17-13-5-3-12(16)4-6-13/h2-8,10,17H,9H2,1H3. The van der Waals surface area contributed by atoms with E-state index < -0.39 is 0 Å². The fourth-order valence-corrected chi connectivity index (χ4v) is 2.31. The number of nitrogens with one attached hydrogen (secondary N) is 1. The van der Waals surface area contributed by atoms with Gasteiger partial charge in [-0.1, -0.05) is 22.0 Å². The molecule has 1 aromatic heterocycles. The van der Waals surface area contributed by atoms with Gasteiger partial charge < -0.3 is 9.88 Å². The maximum absolute atomic E-state index is 4.42. The average Bonchev–Trinajstić information content (AvgIpc) is 2.80. The van der Waals surface area contributed by atoms with Crippen molar-refractivity contribution in [3.63, 3.8) is 0 Å². The lowest BCUT2D eigenvalue weighted by atomic mass is 10.2. The van der Waals surface area contributed by atoms with Crippen molar-refractivity contribution >= 4 is 32.7 Å². The Morgan fingerprint density at radius 3 is 2.74 bits per heavy atom. The van der Waals surface area contributed by atoms with Crippen molar-refractivity contribution < 1.29 is 0 Å². The van der Waals surface area contributed by atoms with Gasteiger partial charge in [0.05, 0.1) is 24.0 Å². The molecule has 0 fully saturated rings. The Morgan fingerprint density at radius 1 is 1.16 bits per heavy atom. The molecule has 19 heavy (non-hydrogen) atoms. The minimum atomic E-state index is 0.710. The minimum Gasteiger partial charge on any atom is -0.367 e. The predicted molar refractivity (Wildman–Crippen MR) is 82.2 cm³/mol. The Bertz CT molecular complexity index is 701. The molecule has 0 atom stereocenters. The van der Waals surface area contributed by atoms with Crippen LogP contribution in [0.15, 0.2) is 53.3 Å². The first-order valence-corrected chi connectivity index (χ1v) is 6.92. The Hall–Kier alpha value is -1.81. The SMILES string of the molecule is Cc1ccc2c(c1)ncn2CNc1ccc(Br)cc1. The number of anilines is 1. The first-order chi connectivity index (χ1) is 9.22. The van der Waals surface area contributed by atoms with Crippen LogP contribution in [-0.4, -0.2) is 9.55 Å². The van der Waals surface area contributed by atoms with Crippen LogP contribution in [-0.2, 0) is 6.67 Å². The van der Waals surface area contributed by atoms with Crippen molar-refractivity contribution in [3.8, 4) is 0 Å². The number of halogens is 1. The molecule has 96 valence electrons. The van der Waals surface area contributed by atoms with E-state index in [4.69, 9.17) is 0 Å². The van der Waals surface area contributed by atoms with Gasteiger partial charge in [-0.25, -0.2) is 4.98 Å². The highest BCUT2D eigenvalue weighted by atomic mass is 79.9. The van der Waals surface area contributed by atoms with Gasteiger partial charge in [0.1, 0.15) is 0 Å². The Kier molecular flexibility index (Phi) is 3.25. The summed E-state index contributed by atoms with van der Waals surface area (Å²) in [5, 5.41) is 3.38. The van der Waals surface area contributed by atoms with Crippen molar-refractivity contribution in [1.29, 1.82) is 0 Å². The molecule has 3 nitrogen and oxygen atoms in total. The molecule has 0 saturated heterocycles. The summed E-state index contributed by atoms with van der Waals surface area (Å²) in [7, 11) is 0. The summed E-state index contributed by atoms with van der Waals surface area (Å²) in [6.07, 6.45) is 1.87. The summed E-state index contributed by atoms with van der Waals surface area (Å²) in [4.78, 5) is 4.42. The molecule has 0 bridgehead atoms. The van der Waals surface area contributed by atoms with E-state index in [1.807, 2.05) is 30.6 Å². The van der Waals surface area contributed by atoms with Crippen LogP contribution >= 0.6 is 15.9 Å². The molecule has 4 heteroatoms. The van der Waals surface area contributed by atoms with Gasteiger partial charge in [0.2, 0.25) is 0 Å². The van der Waals surface area contributed by atoms with Crippen molar-refractivity contribution in [1.82, 2.24) is 9.55 Å². The second-order valence-corrected chi connectivity index (χ2v) is 5.46. The third-order valence-electron chi connectivity index (χ3n) is 3.07. The van der Waals surface area contributed by atoms with Crippen LogP contribution in [0.4, 0.5) is 5.69 Å². The first kappa shape index (κ1) is 12.2. The fraction of sp³-hybridized carbons (Fsp3) is 0.133. The number of nitrogens with zero attached hydrogens (tertiary/aromatic N) is 2. The molecule has 2 aromatic carbocycles. The van der Waals surface area contributed by atoms with E-state index in [1.165, 1.54) is 5.56 Å². The molecular weight excluding hydrogens is 302 g/mol. The molecule has 0 saturated carbocycles. The lowest BCUT2D eigenvalue weighted by Crippen LogP contribution is -2.06. The smallest absolute Gasteiger partial charge is 0.0973 e. The zero-order valence-electron chi connectivity index (χ0n) is 10.6. The van der Waals surface area contributed by atoms with Crippen molar-refractivity contribution in [2.75, 3.05) is 5.32 Å². The molecule has 0 aliphatic carbocycles. The number of imidazole rings is 1. The summed E-state index contributed by atoms with van der Waals surface area (Å²) in [6.45, 7) is 2.79. The molecule has 0 radical (unpaired) electrons. The van der Waals surface area contributed by atoms with Gasteiger partial charge in [0, 0.05) is 10.2 Å². The van der Waals surface area contributed by atoms with Crippen LogP contribution in [0.25, 0.3) is 11.0 Å². The Labute approximate surface area is 120 Å². The number of benzene rings is 2. The Balaban J connectivity index is 1.80. The molecule has 1 heterocycles. The summed E-state index contributed by atoms with van der Waals surface area (Å²) < 4.78 is 3.19. The number of fused-ring (bicyclic) bond motifs is 1. The van der Waals surface area contributed by atoms with Crippen molar-refractivity contribution in [3.05, 3.63) is 58.8 Å². The van der Waals surface area contributed by atoms with Crippen LogP contribution in [0.1, 0.15) is 5.56 Å². The number of rotatable bonds is 3. The van der Waals surface area contributed by atoms with Crippen LogP contribution in [0.2, 0.25) is 0 Å². The van der Waals surface area contributed by atoms with Crippen molar-refractivity contribution in [2.24, 2.45) is 0 Å². The van der Waals surface area contributed by atoms with Crippen molar-refractivity contribution in [2.45, 2.75) is 13.6 Å². The third kappa shape index (κ3) is 2.63. The number of hydrogen-bond acceptors (Lipinski definition) is 2. The fourth-order valence-electron chi connectivity index (χ4n) is 2.04. The van der Waals surface area contributed by atoms with Gasteiger partial charge in [-0.2, -0.15) is 0 Å². The molecule has 3 aromatic rings. The van der Waals surface area contributed by atoms with E-state index in [2.05, 4.69) is 55.9 Å². The monoisotopic (exact) mass is 315 g/mol. The summed E-state index contributed by atoms with van der Waals surface area (Å²) in [5.41, 5.74) is 4.52. The highest BCUT2D eigenvalue weighted by Crippen LogP contribution is 2.17. The van der Waals surface area contributed by atoms with E-state index in [1.54, 1.807) is 0 Å². The normalized spacial score (nSPS) is 10.8. The van der Waals surface area contributed by atoms with Gasteiger partial charge in [-0.15, -0.1) is 0 Å². The molecule has 3 rings (SSSR count). The topological polar surface area (TPSA) is 29.9 Å². The molecule has 0 spiro atoms. The lowest BCUT2D eigenvalue weighted by molar-refractivity contribution is 0.800. The van der Waals surface area contributed by atoms with Gasteiger partial charge >= 0.3 is 0 Å². The lowest BCUT2D eigenvalue weighted by Gasteiger charge is -2.08. The van der Waals surface area contributed by atoms with Gasteiger partial charge in [-0.3, -0.25) is 0 Å². The van der Waals surface area contributed by atoms with Crippen LogP contribution in [0, 0.1) is 6.92 Å². The largest absolute Gasteiger partial charge is 0.367 e. The van der Waals surface area contributed by atoms with Crippen LogP contribution in [0.5, 0.6) is 0 Å². The van der Waals surface area contributed by atoms with Gasteiger partial charge in [0.25, 0.3) is 0 Å². The molecule has 0 aliphatic heterocycles. The number of hydrogen-bond donors (Lipinski definition) is 1. The van der Waals surface area contributed by atoms with E-state index >= 15 is 0 Å². The van der Waals surface area contributed by atoms with Gasteiger partial charge in [0.15, 0.2) is 0 Å². The number of aryl methyl sites for hydroxylation is 1.